The van der Waals surface area contributed by atoms with Crippen molar-refractivity contribution in [3.63, 3.8) is 0 Å². The molecule has 174 valence electrons. The Hall–Kier alpha value is -2.68. The zero-order valence-corrected chi connectivity index (χ0v) is 20.7. The van der Waals surface area contributed by atoms with Gasteiger partial charge in [-0.1, -0.05) is 25.4 Å². The molecule has 2 amide bonds. The van der Waals surface area contributed by atoms with Crippen molar-refractivity contribution in [3.8, 4) is 11.3 Å². The van der Waals surface area contributed by atoms with Crippen LogP contribution in [0.15, 0.2) is 40.8 Å². The molecule has 1 N–H and O–H groups in total. The maximum atomic E-state index is 13.1. The molecule has 0 saturated carbocycles. The minimum Gasteiger partial charge on any atom is -0.454 e. The highest BCUT2D eigenvalue weighted by molar-refractivity contribution is 7.80. The van der Waals surface area contributed by atoms with Crippen molar-refractivity contribution in [2.75, 3.05) is 33.7 Å². The van der Waals surface area contributed by atoms with Crippen molar-refractivity contribution in [3.05, 3.63) is 47.1 Å². The highest BCUT2D eigenvalue weighted by Gasteiger charge is 2.39. The lowest BCUT2D eigenvalue weighted by Gasteiger charge is -2.29. The average molecular weight is 487 g/mol. The van der Waals surface area contributed by atoms with E-state index in [9.17, 15) is 9.59 Å². The van der Waals surface area contributed by atoms with Crippen LogP contribution in [-0.4, -0.2) is 65.0 Å². The van der Waals surface area contributed by atoms with Crippen LogP contribution in [0.2, 0.25) is 5.02 Å². The maximum Gasteiger partial charge on any atom is 0.277 e. The molecule has 9 heteroatoms. The minimum absolute atomic E-state index is 0.0381. The predicted octanol–water partition coefficient (Wildman–Crippen LogP) is 4.24. The molecule has 3 aromatic rings. The third kappa shape index (κ3) is 4.83. The van der Waals surface area contributed by atoms with E-state index in [1.807, 2.05) is 51.0 Å². The summed E-state index contributed by atoms with van der Waals surface area (Å²) >= 11 is 11.7. The van der Waals surface area contributed by atoms with Gasteiger partial charge in [0.1, 0.15) is 11.5 Å². The van der Waals surface area contributed by atoms with Crippen molar-refractivity contribution in [2.45, 2.75) is 20.3 Å². The number of carbonyl (C=O) groups excluding carboxylic acids is 2. The van der Waals surface area contributed by atoms with Crippen LogP contribution in [-0.2, 0) is 4.79 Å². The Morgan fingerprint density at radius 2 is 1.91 bits per heavy atom. The Morgan fingerprint density at radius 3 is 2.58 bits per heavy atom. The van der Waals surface area contributed by atoms with Gasteiger partial charge in [-0.15, -0.1) is 0 Å². The molecule has 1 aromatic carbocycles. The number of carbonyl (C=O) groups is 2. The number of likely N-dealkylation sites (N-methyl/N-ethyl adjacent to an activating group) is 1. The minimum atomic E-state index is -0.448. The summed E-state index contributed by atoms with van der Waals surface area (Å²) in [7, 11) is 3.92. The van der Waals surface area contributed by atoms with E-state index >= 15 is 0 Å². The molecule has 3 heterocycles. The average Bonchev–Trinajstić information content (AvgIpc) is 3.34. The van der Waals surface area contributed by atoms with Crippen LogP contribution in [0.3, 0.4) is 0 Å². The molecule has 0 saturated heterocycles. The Balaban J connectivity index is 1.50. The van der Waals surface area contributed by atoms with Crippen LogP contribution >= 0.6 is 23.8 Å². The second-order valence-electron chi connectivity index (χ2n) is 9.40. The second-order valence-corrected chi connectivity index (χ2v) is 10.2. The van der Waals surface area contributed by atoms with Crippen LogP contribution in [0.4, 0.5) is 0 Å². The number of hydrogen-bond donors (Lipinski definition) is 1. The summed E-state index contributed by atoms with van der Waals surface area (Å²) in [5.41, 5.74) is 2.26. The molecule has 0 bridgehead atoms. The quantitative estimate of drug-likeness (QED) is 0.482. The molecule has 0 fully saturated rings. The molecule has 0 atom stereocenters. The van der Waals surface area contributed by atoms with Gasteiger partial charge >= 0.3 is 0 Å². The van der Waals surface area contributed by atoms with E-state index in [1.54, 1.807) is 27.7 Å². The number of halogens is 1. The predicted molar refractivity (Wildman–Crippen MR) is 134 cm³/mol. The SMILES string of the molecule is CN(C)CCNC(=O)CC(C)(C)CN1C(=O)c2cc3oc(-c4ccc(Cl)cc4)cc3n2C1=S. The van der Waals surface area contributed by atoms with Gasteiger partial charge in [-0.3, -0.25) is 19.1 Å². The first-order chi connectivity index (χ1) is 15.6. The summed E-state index contributed by atoms with van der Waals surface area (Å²) in [5.74, 6) is 0.458. The molecular formula is C24H27ClN4O3S. The number of fused-ring (bicyclic) bond motifs is 3. The summed E-state index contributed by atoms with van der Waals surface area (Å²) in [5, 5.41) is 3.98. The van der Waals surface area contributed by atoms with E-state index in [2.05, 4.69) is 5.32 Å². The van der Waals surface area contributed by atoms with Gasteiger partial charge in [-0.2, -0.15) is 0 Å². The molecule has 0 unspecified atom stereocenters. The number of hydrogen-bond acceptors (Lipinski definition) is 5. The molecule has 1 aliphatic rings. The molecule has 0 radical (unpaired) electrons. The first-order valence-corrected chi connectivity index (χ1v) is 11.5. The number of thiocarbonyl (C=S) groups is 1. The van der Waals surface area contributed by atoms with E-state index in [0.29, 0.717) is 46.7 Å². The molecule has 0 spiro atoms. The monoisotopic (exact) mass is 486 g/mol. The standard InChI is InChI=1S/C24H27ClN4O3S/c1-24(2,13-21(30)26-9-10-27(3)4)14-28-22(31)18-12-20-17(29(18)23(28)33)11-19(32-20)15-5-7-16(25)8-6-15/h5-8,11-12H,9-10,13-14H2,1-4H3,(H,26,30). The Bertz CT molecular complexity index is 1230. The third-order valence-corrected chi connectivity index (χ3v) is 6.27. The fourth-order valence-electron chi connectivity index (χ4n) is 4.00. The van der Waals surface area contributed by atoms with E-state index in [0.717, 1.165) is 17.6 Å². The number of aromatic nitrogens is 1. The van der Waals surface area contributed by atoms with Crippen LogP contribution in [0.5, 0.6) is 0 Å². The normalized spacial score (nSPS) is 13.9. The summed E-state index contributed by atoms with van der Waals surface area (Å²) in [4.78, 5) is 29.1. The molecule has 4 rings (SSSR count). The van der Waals surface area contributed by atoms with Gasteiger partial charge in [-0.05, 0) is 56.0 Å². The molecule has 33 heavy (non-hydrogen) atoms. The summed E-state index contributed by atoms with van der Waals surface area (Å²) in [6.07, 6.45) is 0.295. The van der Waals surface area contributed by atoms with Gasteiger partial charge in [-0.25, -0.2) is 0 Å². The van der Waals surface area contributed by atoms with Crippen molar-refractivity contribution in [1.29, 1.82) is 0 Å². The van der Waals surface area contributed by atoms with Gasteiger partial charge in [0.15, 0.2) is 10.7 Å². The molecule has 1 aliphatic heterocycles. The topological polar surface area (TPSA) is 70.7 Å². The Kier molecular flexibility index (Phi) is 6.35. The Labute approximate surface area is 203 Å². The van der Waals surface area contributed by atoms with Gasteiger partial charge < -0.3 is 14.6 Å². The molecule has 0 aliphatic carbocycles. The van der Waals surface area contributed by atoms with E-state index < -0.39 is 5.41 Å². The zero-order chi connectivity index (χ0) is 23.9. The van der Waals surface area contributed by atoms with Crippen LogP contribution < -0.4 is 5.32 Å². The van der Waals surface area contributed by atoms with Crippen molar-refractivity contribution in [2.24, 2.45) is 5.41 Å². The Morgan fingerprint density at radius 1 is 1.21 bits per heavy atom. The molecule has 7 nitrogen and oxygen atoms in total. The maximum absolute atomic E-state index is 13.1. The van der Waals surface area contributed by atoms with Crippen molar-refractivity contribution < 1.29 is 14.0 Å². The first kappa shape index (κ1) is 23.5. The van der Waals surface area contributed by atoms with E-state index in [1.165, 1.54) is 0 Å². The van der Waals surface area contributed by atoms with Crippen molar-refractivity contribution in [1.82, 2.24) is 19.7 Å². The summed E-state index contributed by atoms with van der Waals surface area (Å²) in [6.45, 7) is 5.64. The van der Waals surface area contributed by atoms with Gasteiger partial charge in [0.25, 0.3) is 5.91 Å². The van der Waals surface area contributed by atoms with Gasteiger partial charge in [0, 0.05) is 48.8 Å². The summed E-state index contributed by atoms with van der Waals surface area (Å²) in [6, 6.07) is 11.0. The molecule has 2 aromatic heterocycles. The second kappa shape index (κ2) is 8.93. The number of benzene rings is 1. The number of amides is 2. The lowest BCUT2D eigenvalue weighted by atomic mass is 9.88. The fourth-order valence-corrected chi connectivity index (χ4v) is 4.47. The lowest BCUT2D eigenvalue weighted by Crippen LogP contribution is -2.42. The van der Waals surface area contributed by atoms with E-state index in [4.69, 9.17) is 28.2 Å². The number of rotatable bonds is 8. The number of nitrogens with zero attached hydrogens (tertiary/aromatic N) is 3. The van der Waals surface area contributed by atoms with Crippen LogP contribution in [0.1, 0.15) is 30.8 Å². The highest BCUT2D eigenvalue weighted by atomic mass is 35.5. The number of nitrogens with one attached hydrogen (secondary N) is 1. The highest BCUT2D eigenvalue weighted by Crippen LogP contribution is 2.35. The summed E-state index contributed by atoms with van der Waals surface area (Å²) < 4.78 is 7.73. The van der Waals surface area contributed by atoms with Crippen LogP contribution in [0, 0.1) is 5.41 Å². The largest absolute Gasteiger partial charge is 0.454 e. The zero-order valence-electron chi connectivity index (χ0n) is 19.1. The number of furan rings is 1. The van der Waals surface area contributed by atoms with Gasteiger partial charge in [0.05, 0.1) is 5.52 Å². The smallest absolute Gasteiger partial charge is 0.277 e. The van der Waals surface area contributed by atoms with E-state index in [-0.39, 0.29) is 11.8 Å². The van der Waals surface area contributed by atoms with Gasteiger partial charge in [0.2, 0.25) is 5.91 Å². The van der Waals surface area contributed by atoms with Crippen molar-refractivity contribution >= 4 is 51.8 Å². The molecular weight excluding hydrogens is 460 g/mol. The lowest BCUT2D eigenvalue weighted by molar-refractivity contribution is -0.123. The third-order valence-electron chi connectivity index (χ3n) is 5.61. The van der Waals surface area contributed by atoms with Crippen LogP contribution in [0.25, 0.3) is 22.4 Å². The fraction of sp³-hybridized carbons (Fsp3) is 0.375. The first-order valence-electron chi connectivity index (χ1n) is 10.7.